The summed E-state index contributed by atoms with van der Waals surface area (Å²) in [6, 6.07) is 7.72. The van der Waals surface area contributed by atoms with E-state index in [0.29, 0.717) is 25.9 Å². The van der Waals surface area contributed by atoms with Crippen molar-refractivity contribution in [2.24, 2.45) is 0 Å². The van der Waals surface area contributed by atoms with Crippen molar-refractivity contribution in [1.82, 2.24) is 25.1 Å². The van der Waals surface area contributed by atoms with Gasteiger partial charge in [-0.3, -0.25) is 14.5 Å². The van der Waals surface area contributed by atoms with Crippen LogP contribution >= 0.6 is 0 Å². The third-order valence-corrected chi connectivity index (χ3v) is 6.21. The molecule has 2 heterocycles. The van der Waals surface area contributed by atoms with Gasteiger partial charge < -0.3 is 15.2 Å². The number of nitrogens with one attached hydrogen (secondary N) is 2. The number of fused-ring (bicyclic) bond motifs is 1. The van der Waals surface area contributed by atoms with Gasteiger partial charge in [0.1, 0.15) is 11.4 Å². The van der Waals surface area contributed by atoms with Crippen molar-refractivity contribution in [1.29, 1.82) is 0 Å². The van der Waals surface area contributed by atoms with Gasteiger partial charge >= 0.3 is 6.03 Å². The molecule has 4 rings (SSSR count). The minimum absolute atomic E-state index is 0.0511. The van der Waals surface area contributed by atoms with Crippen molar-refractivity contribution >= 4 is 28.9 Å². The number of rotatable bonds is 8. The average molecular weight is 412 g/mol. The van der Waals surface area contributed by atoms with E-state index in [4.69, 9.17) is 0 Å². The van der Waals surface area contributed by atoms with Crippen LogP contribution in [0.1, 0.15) is 50.8 Å². The smallest absolute Gasteiger partial charge is 0.325 e. The number of benzene rings is 1. The third-order valence-electron chi connectivity index (χ3n) is 6.21. The summed E-state index contributed by atoms with van der Waals surface area (Å²) in [5.74, 6) is 0.800. The molecule has 2 aromatic rings. The highest BCUT2D eigenvalue weighted by Gasteiger charge is 2.51. The molecule has 160 valence electrons. The Morgan fingerprint density at radius 2 is 1.93 bits per heavy atom. The largest absolute Gasteiger partial charge is 0.356 e. The molecule has 1 aliphatic carbocycles. The first-order valence-corrected chi connectivity index (χ1v) is 10.8. The van der Waals surface area contributed by atoms with Crippen LogP contribution in [0.3, 0.4) is 0 Å². The lowest BCUT2D eigenvalue weighted by atomic mass is 9.98. The number of aryl methyl sites for hydroxylation is 2. The van der Waals surface area contributed by atoms with Crippen LogP contribution in [0.4, 0.5) is 4.79 Å². The number of carbonyl (C=O) groups excluding carboxylic acids is 3. The molecule has 2 fully saturated rings. The van der Waals surface area contributed by atoms with E-state index < -0.39 is 5.54 Å². The maximum Gasteiger partial charge on any atom is 0.325 e. The zero-order valence-electron chi connectivity index (χ0n) is 17.4. The van der Waals surface area contributed by atoms with E-state index in [2.05, 4.69) is 26.3 Å². The van der Waals surface area contributed by atoms with Crippen LogP contribution in [0.25, 0.3) is 11.0 Å². The summed E-state index contributed by atoms with van der Waals surface area (Å²) in [6.07, 6.45) is 4.97. The van der Waals surface area contributed by atoms with Gasteiger partial charge in [0.05, 0.1) is 11.0 Å². The molecular formula is C22H29N5O3. The standard InChI is InChI=1S/C22H29N5O3/c1-16-24-17-8-2-3-9-18(17)26(16)15-7-13-23-19(28)10-6-14-27-20(29)22(25-21(27)30)11-4-5-12-22/h2-3,8-9H,4-7,10-15H2,1H3,(H,23,28)(H,25,30). The van der Waals surface area contributed by atoms with E-state index in [-0.39, 0.29) is 17.8 Å². The number of para-hydroxylation sites is 2. The first-order valence-electron chi connectivity index (χ1n) is 10.8. The molecule has 1 spiro atoms. The van der Waals surface area contributed by atoms with E-state index >= 15 is 0 Å². The topological polar surface area (TPSA) is 96.3 Å². The van der Waals surface area contributed by atoms with Crippen molar-refractivity contribution in [3.8, 4) is 0 Å². The first kappa shape index (κ1) is 20.4. The zero-order chi connectivity index (χ0) is 21.1. The molecular weight excluding hydrogens is 382 g/mol. The maximum absolute atomic E-state index is 12.6. The number of imide groups is 1. The molecule has 8 heteroatoms. The van der Waals surface area contributed by atoms with E-state index in [9.17, 15) is 14.4 Å². The number of amides is 4. The summed E-state index contributed by atoms with van der Waals surface area (Å²) >= 11 is 0. The molecule has 0 unspecified atom stereocenters. The van der Waals surface area contributed by atoms with Crippen LogP contribution in [-0.4, -0.2) is 50.9 Å². The molecule has 1 aromatic heterocycles. The first-order chi connectivity index (χ1) is 14.5. The number of nitrogens with zero attached hydrogens (tertiary/aromatic N) is 3. The van der Waals surface area contributed by atoms with Crippen molar-refractivity contribution in [2.45, 2.75) is 64.0 Å². The minimum Gasteiger partial charge on any atom is -0.356 e. The summed E-state index contributed by atoms with van der Waals surface area (Å²) in [4.78, 5) is 42.7. The molecule has 0 radical (unpaired) electrons. The maximum atomic E-state index is 12.6. The quantitative estimate of drug-likeness (QED) is 0.515. The van der Waals surface area contributed by atoms with Gasteiger partial charge in [0, 0.05) is 26.1 Å². The van der Waals surface area contributed by atoms with Gasteiger partial charge in [-0.1, -0.05) is 25.0 Å². The summed E-state index contributed by atoms with van der Waals surface area (Å²) in [5.41, 5.74) is 1.42. The highest BCUT2D eigenvalue weighted by molar-refractivity contribution is 6.07. The second-order valence-electron chi connectivity index (χ2n) is 8.28. The van der Waals surface area contributed by atoms with Gasteiger partial charge in [-0.15, -0.1) is 0 Å². The number of urea groups is 1. The molecule has 0 bridgehead atoms. The fraction of sp³-hybridized carbons (Fsp3) is 0.545. The predicted molar refractivity (Wildman–Crippen MR) is 113 cm³/mol. The molecule has 1 aromatic carbocycles. The highest BCUT2D eigenvalue weighted by atomic mass is 16.2. The SMILES string of the molecule is Cc1nc2ccccc2n1CCCNC(=O)CCCN1C(=O)NC2(CCCC2)C1=O. The number of aromatic nitrogens is 2. The lowest BCUT2D eigenvalue weighted by Crippen LogP contribution is -2.44. The van der Waals surface area contributed by atoms with Crippen LogP contribution in [0.5, 0.6) is 0 Å². The van der Waals surface area contributed by atoms with Crippen molar-refractivity contribution < 1.29 is 14.4 Å². The van der Waals surface area contributed by atoms with Crippen LogP contribution in [0, 0.1) is 6.92 Å². The highest BCUT2D eigenvalue weighted by Crippen LogP contribution is 2.35. The third kappa shape index (κ3) is 3.91. The van der Waals surface area contributed by atoms with Gasteiger partial charge in [0.15, 0.2) is 0 Å². The van der Waals surface area contributed by atoms with Crippen LogP contribution in [0.15, 0.2) is 24.3 Å². The van der Waals surface area contributed by atoms with Gasteiger partial charge in [-0.2, -0.15) is 0 Å². The number of hydrogen-bond acceptors (Lipinski definition) is 4. The Bertz CT molecular complexity index is 961. The average Bonchev–Trinajstić information content (AvgIpc) is 3.38. The molecule has 4 amide bonds. The van der Waals surface area contributed by atoms with Crippen LogP contribution in [0.2, 0.25) is 0 Å². The van der Waals surface area contributed by atoms with Crippen molar-refractivity contribution in [2.75, 3.05) is 13.1 Å². The number of imidazole rings is 1. The van der Waals surface area contributed by atoms with E-state index in [1.807, 2.05) is 25.1 Å². The molecule has 2 aliphatic rings. The molecule has 1 saturated carbocycles. The van der Waals surface area contributed by atoms with Crippen LogP contribution in [-0.2, 0) is 16.1 Å². The van der Waals surface area contributed by atoms with Crippen molar-refractivity contribution in [3.63, 3.8) is 0 Å². The van der Waals surface area contributed by atoms with E-state index in [1.54, 1.807) is 0 Å². The van der Waals surface area contributed by atoms with Gasteiger partial charge in [-0.05, 0) is 44.7 Å². The molecule has 0 atom stereocenters. The second-order valence-corrected chi connectivity index (χ2v) is 8.28. The van der Waals surface area contributed by atoms with Crippen molar-refractivity contribution in [3.05, 3.63) is 30.1 Å². The Morgan fingerprint density at radius 1 is 1.17 bits per heavy atom. The normalized spacial score (nSPS) is 17.8. The fourth-order valence-corrected chi connectivity index (χ4v) is 4.63. The Hall–Kier alpha value is -2.90. The molecule has 1 aliphatic heterocycles. The van der Waals surface area contributed by atoms with Crippen LogP contribution < -0.4 is 10.6 Å². The summed E-state index contributed by atoms with van der Waals surface area (Å²) in [6.45, 7) is 3.65. The molecule has 30 heavy (non-hydrogen) atoms. The Kier molecular flexibility index (Phi) is 5.74. The second kappa shape index (κ2) is 8.45. The Balaban J connectivity index is 1.17. The fourth-order valence-electron chi connectivity index (χ4n) is 4.63. The monoisotopic (exact) mass is 411 g/mol. The van der Waals surface area contributed by atoms with Gasteiger partial charge in [0.2, 0.25) is 5.91 Å². The molecule has 2 N–H and O–H groups in total. The summed E-state index contributed by atoms with van der Waals surface area (Å²) in [7, 11) is 0. The Morgan fingerprint density at radius 3 is 2.73 bits per heavy atom. The Labute approximate surface area is 176 Å². The molecule has 8 nitrogen and oxygen atoms in total. The summed E-state index contributed by atoms with van der Waals surface area (Å²) < 4.78 is 2.16. The summed E-state index contributed by atoms with van der Waals surface area (Å²) in [5, 5.41) is 5.80. The lowest BCUT2D eigenvalue weighted by molar-refractivity contribution is -0.131. The lowest BCUT2D eigenvalue weighted by Gasteiger charge is -2.19. The number of hydrogen-bond donors (Lipinski definition) is 2. The zero-order valence-corrected chi connectivity index (χ0v) is 17.4. The van der Waals surface area contributed by atoms with Gasteiger partial charge in [-0.25, -0.2) is 9.78 Å². The predicted octanol–water partition coefficient (Wildman–Crippen LogP) is 2.50. The minimum atomic E-state index is -0.672. The molecule has 1 saturated heterocycles. The van der Waals surface area contributed by atoms with Gasteiger partial charge in [0.25, 0.3) is 5.91 Å². The number of carbonyl (C=O) groups is 3. The van der Waals surface area contributed by atoms with E-state index in [1.165, 1.54) is 4.90 Å². The van der Waals surface area contributed by atoms with E-state index in [0.717, 1.165) is 55.5 Å².